The molecule has 0 radical (unpaired) electrons. The van der Waals surface area contributed by atoms with E-state index in [0.29, 0.717) is 29.8 Å². The van der Waals surface area contributed by atoms with E-state index < -0.39 is 17.6 Å². The Morgan fingerprint density at radius 1 is 1.02 bits per heavy atom. The normalized spacial score (nSPS) is 14.6. The van der Waals surface area contributed by atoms with Gasteiger partial charge in [-0.25, -0.2) is 0 Å². The number of para-hydroxylation sites is 1. The van der Waals surface area contributed by atoms with Crippen LogP contribution in [0.3, 0.4) is 0 Å². The molecule has 3 rings (SSSR count). The minimum Gasteiger partial charge on any atom is -0.457 e. The molecule has 42 heavy (non-hydrogen) atoms. The summed E-state index contributed by atoms with van der Waals surface area (Å²) in [6.45, 7) is 3.27. The van der Waals surface area contributed by atoms with Crippen LogP contribution in [0.15, 0.2) is 54.6 Å². The van der Waals surface area contributed by atoms with Crippen LogP contribution in [0.25, 0.3) is 0 Å². The number of thioether (sulfide) groups is 2. The quantitative estimate of drug-likeness (QED) is 0.223. The fourth-order valence-corrected chi connectivity index (χ4v) is 6.58. The van der Waals surface area contributed by atoms with Crippen molar-refractivity contribution >= 4 is 41.2 Å². The van der Waals surface area contributed by atoms with Crippen molar-refractivity contribution in [2.24, 2.45) is 5.92 Å². The van der Waals surface area contributed by atoms with E-state index in [1.54, 1.807) is 25.6 Å². The SMILES string of the molecule is CSCN(CC(=O)N[C@@H](CSCC1CCCCC1)C(=O)NCc1ccc(Oc2ccccc2)cc1)C(=O)CC(C)(C)O. The average Bonchev–Trinajstić information content (AvgIpc) is 2.96. The number of benzene rings is 2. The number of hydrogen-bond donors (Lipinski definition) is 3. The van der Waals surface area contributed by atoms with Gasteiger partial charge in [0.15, 0.2) is 0 Å². The van der Waals surface area contributed by atoms with Crippen molar-refractivity contribution in [2.75, 3.05) is 30.2 Å². The maximum absolute atomic E-state index is 13.3. The third kappa shape index (κ3) is 12.7. The van der Waals surface area contributed by atoms with Gasteiger partial charge in [0.05, 0.1) is 17.9 Å². The van der Waals surface area contributed by atoms with Crippen molar-refractivity contribution in [1.29, 1.82) is 0 Å². The first-order chi connectivity index (χ1) is 20.1. The molecule has 0 bridgehead atoms. The lowest BCUT2D eigenvalue weighted by atomic mass is 9.91. The number of amides is 3. The van der Waals surface area contributed by atoms with Gasteiger partial charge in [-0.15, -0.1) is 11.8 Å². The van der Waals surface area contributed by atoms with Gasteiger partial charge in [0, 0.05) is 12.3 Å². The van der Waals surface area contributed by atoms with E-state index >= 15 is 0 Å². The summed E-state index contributed by atoms with van der Waals surface area (Å²) in [5.74, 6) is 2.88. The van der Waals surface area contributed by atoms with E-state index in [4.69, 9.17) is 4.74 Å². The van der Waals surface area contributed by atoms with E-state index in [1.165, 1.54) is 48.8 Å². The minimum atomic E-state index is -1.17. The lowest BCUT2D eigenvalue weighted by molar-refractivity contribution is -0.138. The fraction of sp³-hybridized carbons (Fsp3) is 0.531. The van der Waals surface area contributed by atoms with Gasteiger partial charge < -0.3 is 25.4 Å². The van der Waals surface area contributed by atoms with Crippen LogP contribution in [0, 0.1) is 5.92 Å². The van der Waals surface area contributed by atoms with Crippen LogP contribution in [0.5, 0.6) is 11.5 Å². The number of hydrogen-bond acceptors (Lipinski definition) is 7. The summed E-state index contributed by atoms with van der Waals surface area (Å²) in [7, 11) is 0. The number of carbonyl (C=O) groups excluding carboxylic acids is 3. The fourth-order valence-electron chi connectivity index (χ4n) is 4.76. The highest BCUT2D eigenvalue weighted by Crippen LogP contribution is 2.27. The molecule has 2 aromatic rings. The number of nitrogens with zero attached hydrogens (tertiary/aromatic N) is 1. The molecule has 3 N–H and O–H groups in total. The van der Waals surface area contributed by atoms with Crippen molar-refractivity contribution in [3.63, 3.8) is 0 Å². The Morgan fingerprint density at radius 2 is 1.69 bits per heavy atom. The lowest BCUT2D eigenvalue weighted by Crippen LogP contribution is -2.51. The molecule has 1 fully saturated rings. The van der Waals surface area contributed by atoms with Crippen LogP contribution >= 0.6 is 23.5 Å². The third-order valence-corrected chi connectivity index (χ3v) is 8.79. The molecule has 3 amide bonds. The van der Waals surface area contributed by atoms with E-state index in [2.05, 4.69) is 10.6 Å². The Hall–Kier alpha value is -2.69. The zero-order chi connectivity index (χ0) is 30.4. The van der Waals surface area contributed by atoms with Gasteiger partial charge in [-0.3, -0.25) is 14.4 Å². The van der Waals surface area contributed by atoms with E-state index in [0.717, 1.165) is 17.1 Å². The standard InChI is InChI=1S/C32H45N3O5S2/c1-32(2,39)18-30(37)35(23-41-3)20-29(36)34-28(22-42-21-25-10-6-4-7-11-25)31(38)33-19-24-14-16-27(17-15-24)40-26-12-8-5-9-13-26/h5,8-9,12-17,25,28,39H,4,6-7,10-11,18-23H2,1-3H3,(H,33,38)(H,34,36)/t28-/m0/s1. The predicted molar refractivity (Wildman–Crippen MR) is 172 cm³/mol. The summed E-state index contributed by atoms with van der Waals surface area (Å²) in [6.07, 6.45) is 7.99. The zero-order valence-corrected chi connectivity index (χ0v) is 26.6. The number of ether oxygens (including phenoxy) is 1. The molecule has 1 saturated carbocycles. The molecule has 0 heterocycles. The van der Waals surface area contributed by atoms with Gasteiger partial charge in [-0.1, -0.05) is 49.6 Å². The molecule has 8 nitrogen and oxygen atoms in total. The average molecular weight is 616 g/mol. The minimum absolute atomic E-state index is 0.0861. The van der Waals surface area contributed by atoms with Gasteiger partial charge >= 0.3 is 0 Å². The van der Waals surface area contributed by atoms with E-state index in [1.807, 2.05) is 60.9 Å². The Bertz CT molecular complexity index is 1120. The molecule has 0 unspecified atom stereocenters. The van der Waals surface area contributed by atoms with Crippen molar-refractivity contribution in [3.8, 4) is 11.5 Å². The molecular formula is C32H45N3O5S2. The molecule has 0 aliphatic heterocycles. The molecule has 1 aliphatic rings. The second-order valence-electron chi connectivity index (χ2n) is 11.4. The maximum Gasteiger partial charge on any atom is 0.243 e. The summed E-state index contributed by atoms with van der Waals surface area (Å²) in [4.78, 5) is 40.5. The lowest BCUT2D eigenvalue weighted by Gasteiger charge is -2.26. The van der Waals surface area contributed by atoms with Crippen molar-refractivity contribution in [3.05, 3.63) is 60.2 Å². The molecule has 0 aromatic heterocycles. The summed E-state index contributed by atoms with van der Waals surface area (Å²) in [5, 5.41) is 15.9. The second kappa shape index (κ2) is 17.4. The zero-order valence-electron chi connectivity index (χ0n) is 25.0. The van der Waals surface area contributed by atoms with Crippen molar-refractivity contribution in [2.45, 2.75) is 70.6 Å². The summed E-state index contributed by atoms with van der Waals surface area (Å²) in [6, 6.07) is 16.3. The number of nitrogens with one attached hydrogen (secondary N) is 2. The summed E-state index contributed by atoms with van der Waals surface area (Å²) >= 11 is 3.12. The van der Waals surface area contributed by atoms with Crippen molar-refractivity contribution < 1.29 is 24.2 Å². The molecule has 1 atom stereocenters. The van der Waals surface area contributed by atoms with Crippen LogP contribution in [0.4, 0.5) is 0 Å². The predicted octanol–water partition coefficient (Wildman–Crippen LogP) is 5.20. The topological polar surface area (TPSA) is 108 Å². The monoisotopic (exact) mass is 615 g/mol. The maximum atomic E-state index is 13.3. The molecular weight excluding hydrogens is 571 g/mol. The molecule has 0 spiro atoms. The van der Waals surface area contributed by atoms with Crippen molar-refractivity contribution in [1.82, 2.24) is 15.5 Å². The molecule has 230 valence electrons. The van der Waals surface area contributed by atoms with Crippen LogP contribution in [-0.2, 0) is 20.9 Å². The molecule has 2 aromatic carbocycles. The molecule has 1 aliphatic carbocycles. The summed E-state index contributed by atoms with van der Waals surface area (Å²) < 4.78 is 5.85. The van der Waals surface area contributed by atoms with Crippen LogP contribution in [0.2, 0.25) is 0 Å². The van der Waals surface area contributed by atoms with Gasteiger partial charge in [0.25, 0.3) is 0 Å². The number of rotatable bonds is 16. The highest BCUT2D eigenvalue weighted by atomic mass is 32.2. The Morgan fingerprint density at radius 3 is 2.33 bits per heavy atom. The highest BCUT2D eigenvalue weighted by molar-refractivity contribution is 7.99. The first-order valence-corrected chi connectivity index (χ1v) is 17.1. The van der Waals surface area contributed by atoms with Crippen LogP contribution < -0.4 is 15.4 Å². The number of aliphatic hydroxyl groups is 1. The van der Waals surface area contributed by atoms with E-state index in [-0.39, 0.29) is 24.8 Å². The largest absolute Gasteiger partial charge is 0.457 e. The van der Waals surface area contributed by atoms with E-state index in [9.17, 15) is 19.5 Å². The highest BCUT2D eigenvalue weighted by Gasteiger charge is 2.27. The summed E-state index contributed by atoms with van der Waals surface area (Å²) in [5.41, 5.74) is -0.263. The van der Waals surface area contributed by atoms with Gasteiger partial charge in [-0.2, -0.15) is 11.8 Å². The second-order valence-corrected chi connectivity index (χ2v) is 13.3. The first-order valence-electron chi connectivity index (χ1n) is 14.6. The first kappa shape index (κ1) is 33.8. The smallest absolute Gasteiger partial charge is 0.243 e. The Balaban J connectivity index is 1.58. The molecule has 10 heteroatoms. The van der Waals surface area contributed by atoms with Crippen LogP contribution in [0.1, 0.15) is 57.9 Å². The van der Waals surface area contributed by atoms with Crippen LogP contribution in [-0.4, -0.2) is 69.6 Å². The van der Waals surface area contributed by atoms with Gasteiger partial charge in [0.2, 0.25) is 17.7 Å². The van der Waals surface area contributed by atoms with Gasteiger partial charge in [-0.05, 0) is 74.4 Å². The Labute approximate surface area is 258 Å². The Kier molecular flexibility index (Phi) is 14.0. The number of carbonyl (C=O) groups is 3. The molecule has 0 saturated heterocycles. The third-order valence-electron chi connectivity index (χ3n) is 6.94. The van der Waals surface area contributed by atoms with Gasteiger partial charge in [0.1, 0.15) is 24.1 Å².